The Morgan fingerprint density at radius 1 is 1.38 bits per heavy atom. The molecule has 0 amide bonds. The third kappa shape index (κ3) is 3.95. The number of aliphatic hydroxyl groups excluding tert-OH is 1. The van der Waals surface area contributed by atoms with Crippen LogP contribution in [0.5, 0.6) is 0 Å². The van der Waals surface area contributed by atoms with Crippen molar-refractivity contribution >= 4 is 0 Å². The van der Waals surface area contributed by atoms with Crippen molar-refractivity contribution in [1.82, 2.24) is 5.32 Å². The van der Waals surface area contributed by atoms with Crippen molar-refractivity contribution in [1.29, 1.82) is 0 Å². The molecular weight excluding hydrogens is 198 g/mol. The molecule has 0 fully saturated rings. The van der Waals surface area contributed by atoms with E-state index in [4.69, 9.17) is 0 Å². The maximum Gasteiger partial charge on any atom is 0.0587 e. The molecule has 2 unspecified atom stereocenters. The summed E-state index contributed by atoms with van der Waals surface area (Å²) in [6.45, 7) is 7.46. The number of aryl methyl sites for hydroxylation is 1. The van der Waals surface area contributed by atoms with Crippen molar-refractivity contribution in [3.63, 3.8) is 0 Å². The van der Waals surface area contributed by atoms with Crippen LogP contribution in [-0.2, 0) is 6.54 Å². The van der Waals surface area contributed by atoms with Gasteiger partial charge in [-0.25, -0.2) is 0 Å². The summed E-state index contributed by atoms with van der Waals surface area (Å²) in [5, 5.41) is 12.7. The molecule has 16 heavy (non-hydrogen) atoms. The van der Waals surface area contributed by atoms with Gasteiger partial charge in [-0.2, -0.15) is 0 Å². The van der Waals surface area contributed by atoms with Crippen molar-refractivity contribution in [3.8, 4) is 0 Å². The monoisotopic (exact) mass is 221 g/mol. The van der Waals surface area contributed by atoms with Gasteiger partial charge < -0.3 is 10.4 Å². The molecule has 0 saturated heterocycles. The fraction of sp³-hybridized carbons (Fsp3) is 0.571. The van der Waals surface area contributed by atoms with Crippen molar-refractivity contribution in [2.24, 2.45) is 5.92 Å². The maximum absolute atomic E-state index is 9.30. The summed E-state index contributed by atoms with van der Waals surface area (Å²) in [7, 11) is 0. The quantitative estimate of drug-likeness (QED) is 0.773. The van der Waals surface area contributed by atoms with E-state index in [0.717, 1.165) is 13.0 Å². The van der Waals surface area contributed by atoms with Gasteiger partial charge >= 0.3 is 0 Å². The number of aliphatic hydroxyl groups is 1. The van der Waals surface area contributed by atoms with E-state index in [1.165, 1.54) is 11.1 Å². The van der Waals surface area contributed by atoms with Crippen molar-refractivity contribution in [2.45, 2.75) is 39.8 Å². The van der Waals surface area contributed by atoms with Gasteiger partial charge in [0, 0.05) is 12.6 Å². The second-order valence-corrected chi connectivity index (χ2v) is 4.54. The molecule has 2 atom stereocenters. The number of hydrogen-bond acceptors (Lipinski definition) is 2. The lowest BCUT2D eigenvalue weighted by atomic mass is 9.99. The molecule has 0 heterocycles. The Bertz CT molecular complexity index is 311. The van der Waals surface area contributed by atoms with E-state index in [1.54, 1.807) is 0 Å². The van der Waals surface area contributed by atoms with E-state index in [0.29, 0.717) is 5.92 Å². The van der Waals surface area contributed by atoms with Crippen molar-refractivity contribution in [2.75, 3.05) is 6.61 Å². The third-order valence-corrected chi connectivity index (χ3v) is 3.18. The topological polar surface area (TPSA) is 32.3 Å². The van der Waals surface area contributed by atoms with E-state index < -0.39 is 0 Å². The van der Waals surface area contributed by atoms with Crippen LogP contribution < -0.4 is 5.32 Å². The van der Waals surface area contributed by atoms with Crippen LogP contribution in [0.15, 0.2) is 24.3 Å². The van der Waals surface area contributed by atoms with Crippen LogP contribution in [-0.4, -0.2) is 17.8 Å². The average molecular weight is 221 g/mol. The maximum atomic E-state index is 9.30. The summed E-state index contributed by atoms with van der Waals surface area (Å²) in [6.07, 6.45) is 1.09. The molecule has 2 nitrogen and oxygen atoms in total. The number of rotatable bonds is 6. The first-order valence-electron chi connectivity index (χ1n) is 6.07. The first-order chi connectivity index (χ1) is 7.67. The normalized spacial score (nSPS) is 14.8. The fourth-order valence-electron chi connectivity index (χ4n) is 1.80. The lowest BCUT2D eigenvalue weighted by molar-refractivity contribution is 0.201. The highest BCUT2D eigenvalue weighted by atomic mass is 16.3. The molecular formula is C14H23NO. The molecule has 1 rings (SSSR count). The Balaban J connectivity index is 2.49. The molecule has 0 radical (unpaired) electrons. The van der Waals surface area contributed by atoms with Crippen LogP contribution in [0.3, 0.4) is 0 Å². The number of hydrogen-bond donors (Lipinski definition) is 2. The molecule has 90 valence electrons. The van der Waals surface area contributed by atoms with Gasteiger partial charge in [-0.3, -0.25) is 0 Å². The predicted octanol–water partition coefficient (Wildman–Crippen LogP) is 2.49. The number of nitrogens with one attached hydrogen (secondary N) is 1. The van der Waals surface area contributed by atoms with Gasteiger partial charge in [0.15, 0.2) is 0 Å². The zero-order valence-corrected chi connectivity index (χ0v) is 10.5. The Labute approximate surface area is 98.7 Å². The van der Waals surface area contributed by atoms with E-state index in [1.807, 2.05) is 0 Å². The minimum atomic E-state index is 0.200. The minimum Gasteiger partial charge on any atom is -0.395 e. The Kier molecular flexibility index (Phi) is 5.50. The molecule has 0 spiro atoms. The molecule has 0 bridgehead atoms. The highest BCUT2D eigenvalue weighted by molar-refractivity contribution is 5.22. The molecule has 0 aliphatic carbocycles. The second-order valence-electron chi connectivity index (χ2n) is 4.54. The van der Waals surface area contributed by atoms with Crippen LogP contribution in [0, 0.1) is 12.8 Å². The Morgan fingerprint density at radius 2 is 2.12 bits per heavy atom. The van der Waals surface area contributed by atoms with Gasteiger partial charge in [-0.05, 0) is 18.4 Å². The molecule has 0 aliphatic rings. The summed E-state index contributed by atoms with van der Waals surface area (Å²) in [4.78, 5) is 0. The van der Waals surface area contributed by atoms with Crippen LogP contribution in [0.1, 0.15) is 31.4 Å². The zero-order valence-electron chi connectivity index (χ0n) is 10.5. The third-order valence-electron chi connectivity index (χ3n) is 3.18. The van der Waals surface area contributed by atoms with Gasteiger partial charge in [0.2, 0.25) is 0 Å². The average Bonchev–Trinajstić information content (AvgIpc) is 2.29. The van der Waals surface area contributed by atoms with Crippen molar-refractivity contribution < 1.29 is 5.11 Å². The molecule has 0 saturated carbocycles. The largest absolute Gasteiger partial charge is 0.395 e. The molecule has 1 aromatic rings. The first-order valence-corrected chi connectivity index (χ1v) is 6.07. The van der Waals surface area contributed by atoms with Crippen LogP contribution >= 0.6 is 0 Å². The molecule has 1 aromatic carbocycles. The summed E-state index contributed by atoms with van der Waals surface area (Å²) in [5.41, 5.74) is 2.56. The van der Waals surface area contributed by atoms with Gasteiger partial charge in [0.25, 0.3) is 0 Å². The predicted molar refractivity (Wildman–Crippen MR) is 68.3 cm³/mol. The molecule has 0 aromatic heterocycles. The SMILES string of the molecule is CCC(C)C(CO)NCc1cccc(C)c1. The lowest BCUT2D eigenvalue weighted by Gasteiger charge is -2.22. The van der Waals surface area contributed by atoms with Gasteiger partial charge in [-0.1, -0.05) is 50.1 Å². The summed E-state index contributed by atoms with van der Waals surface area (Å²) >= 11 is 0. The van der Waals surface area contributed by atoms with E-state index in [9.17, 15) is 5.11 Å². The van der Waals surface area contributed by atoms with Crippen LogP contribution in [0.25, 0.3) is 0 Å². The van der Waals surface area contributed by atoms with Gasteiger partial charge in [-0.15, -0.1) is 0 Å². The smallest absolute Gasteiger partial charge is 0.0587 e. The van der Waals surface area contributed by atoms with Crippen LogP contribution in [0.4, 0.5) is 0 Å². The Hall–Kier alpha value is -0.860. The molecule has 2 heteroatoms. The van der Waals surface area contributed by atoms with Gasteiger partial charge in [0.05, 0.1) is 6.61 Å². The first kappa shape index (κ1) is 13.2. The highest BCUT2D eigenvalue weighted by Crippen LogP contribution is 2.09. The second kappa shape index (κ2) is 6.66. The highest BCUT2D eigenvalue weighted by Gasteiger charge is 2.13. The lowest BCUT2D eigenvalue weighted by Crippen LogP contribution is -2.37. The minimum absolute atomic E-state index is 0.200. The molecule has 2 N–H and O–H groups in total. The zero-order chi connectivity index (χ0) is 12.0. The van der Waals surface area contributed by atoms with E-state index >= 15 is 0 Å². The summed E-state index contributed by atoms with van der Waals surface area (Å²) in [5.74, 6) is 0.509. The van der Waals surface area contributed by atoms with Gasteiger partial charge in [0.1, 0.15) is 0 Å². The van der Waals surface area contributed by atoms with E-state index in [2.05, 4.69) is 50.4 Å². The fourth-order valence-corrected chi connectivity index (χ4v) is 1.80. The van der Waals surface area contributed by atoms with E-state index in [-0.39, 0.29) is 12.6 Å². The van der Waals surface area contributed by atoms with Crippen LogP contribution in [0.2, 0.25) is 0 Å². The number of benzene rings is 1. The molecule has 0 aliphatic heterocycles. The Morgan fingerprint density at radius 3 is 2.69 bits per heavy atom. The van der Waals surface area contributed by atoms with Crippen molar-refractivity contribution in [3.05, 3.63) is 35.4 Å². The summed E-state index contributed by atoms with van der Waals surface area (Å²) in [6, 6.07) is 8.67. The summed E-state index contributed by atoms with van der Waals surface area (Å²) < 4.78 is 0. The standard InChI is InChI=1S/C14H23NO/c1-4-12(3)14(10-16)15-9-13-7-5-6-11(2)8-13/h5-8,12,14-16H,4,9-10H2,1-3H3.